The molecule has 2 nitrogen and oxygen atoms in total. The van der Waals surface area contributed by atoms with Crippen molar-refractivity contribution < 1.29 is 0 Å². The first-order chi connectivity index (χ1) is 8.27. The Morgan fingerprint density at radius 2 is 1.94 bits per heavy atom. The summed E-state index contributed by atoms with van der Waals surface area (Å²) in [5, 5.41) is 3.53. The summed E-state index contributed by atoms with van der Waals surface area (Å²) in [6, 6.07) is 9.32. The zero-order chi connectivity index (χ0) is 12.1. The van der Waals surface area contributed by atoms with Crippen LogP contribution in [-0.4, -0.2) is 31.1 Å². The molecule has 1 fully saturated rings. The van der Waals surface area contributed by atoms with E-state index < -0.39 is 0 Å². The number of nitrogens with zero attached hydrogens (tertiary/aromatic N) is 1. The normalized spacial score (nSPS) is 16.6. The molecule has 1 aromatic carbocycles. The molecule has 0 bridgehead atoms. The highest BCUT2D eigenvalue weighted by Crippen LogP contribution is 2.22. The Balaban J connectivity index is 1.74. The van der Waals surface area contributed by atoms with Crippen molar-refractivity contribution in [2.75, 3.05) is 25.5 Å². The van der Waals surface area contributed by atoms with Gasteiger partial charge >= 0.3 is 0 Å². The Bertz CT molecular complexity index is 343. The van der Waals surface area contributed by atoms with Gasteiger partial charge in [-0.1, -0.05) is 31.0 Å². The van der Waals surface area contributed by atoms with E-state index in [1.165, 1.54) is 36.9 Å². The molecule has 0 unspecified atom stereocenters. The van der Waals surface area contributed by atoms with Gasteiger partial charge in [-0.25, -0.2) is 0 Å². The summed E-state index contributed by atoms with van der Waals surface area (Å²) < 4.78 is 0. The largest absolute Gasteiger partial charge is 0.384 e. The predicted octanol–water partition coefficient (Wildman–Crippen LogP) is 3.28. The molecule has 1 aromatic rings. The maximum Gasteiger partial charge on any atom is 0.0370 e. The fourth-order valence-corrected chi connectivity index (χ4v) is 2.67. The van der Waals surface area contributed by atoms with E-state index in [0.717, 1.165) is 19.1 Å². The third kappa shape index (κ3) is 3.47. The van der Waals surface area contributed by atoms with Gasteiger partial charge in [-0.05, 0) is 38.4 Å². The van der Waals surface area contributed by atoms with Gasteiger partial charge in [0.15, 0.2) is 0 Å². The Hall–Kier alpha value is -1.02. The van der Waals surface area contributed by atoms with Gasteiger partial charge in [0.2, 0.25) is 0 Å². The number of rotatable bonds is 5. The van der Waals surface area contributed by atoms with Crippen molar-refractivity contribution >= 4 is 5.69 Å². The van der Waals surface area contributed by atoms with E-state index in [1.807, 2.05) is 0 Å². The summed E-state index contributed by atoms with van der Waals surface area (Å²) in [4.78, 5) is 2.51. The number of para-hydroxylation sites is 1. The summed E-state index contributed by atoms with van der Waals surface area (Å²) in [7, 11) is 2.26. The van der Waals surface area contributed by atoms with Gasteiger partial charge in [-0.2, -0.15) is 0 Å². The van der Waals surface area contributed by atoms with Crippen LogP contribution in [0.5, 0.6) is 0 Å². The standard InChI is InChI=1S/C15H24N2/c1-13-7-3-6-10-15(13)16-11-12-17(2)14-8-4-5-9-14/h3,6-7,10,14,16H,4-5,8-9,11-12H2,1-2H3. The molecular weight excluding hydrogens is 208 g/mol. The monoisotopic (exact) mass is 232 g/mol. The molecule has 0 amide bonds. The lowest BCUT2D eigenvalue weighted by molar-refractivity contribution is 0.254. The molecule has 0 spiro atoms. The lowest BCUT2D eigenvalue weighted by atomic mass is 10.2. The van der Waals surface area contributed by atoms with E-state index in [4.69, 9.17) is 0 Å². The molecule has 17 heavy (non-hydrogen) atoms. The highest BCUT2D eigenvalue weighted by atomic mass is 15.1. The second kappa shape index (κ2) is 6.06. The van der Waals surface area contributed by atoms with Crippen LogP contribution in [0.25, 0.3) is 0 Å². The summed E-state index contributed by atoms with van der Waals surface area (Å²) in [6.07, 6.45) is 5.61. The quantitative estimate of drug-likeness (QED) is 0.838. The minimum atomic E-state index is 0.827. The molecule has 0 radical (unpaired) electrons. The first-order valence-corrected chi connectivity index (χ1v) is 6.77. The third-order valence-electron chi connectivity index (χ3n) is 3.87. The van der Waals surface area contributed by atoms with Crippen molar-refractivity contribution in [3.63, 3.8) is 0 Å². The molecule has 0 aliphatic heterocycles. The summed E-state index contributed by atoms with van der Waals surface area (Å²) in [5.41, 5.74) is 2.60. The first-order valence-electron chi connectivity index (χ1n) is 6.77. The lowest BCUT2D eigenvalue weighted by Gasteiger charge is -2.24. The molecular formula is C15H24N2. The van der Waals surface area contributed by atoms with Gasteiger partial charge in [-0.15, -0.1) is 0 Å². The van der Waals surface area contributed by atoms with Gasteiger partial charge in [0.1, 0.15) is 0 Å². The Kier molecular flexibility index (Phi) is 4.43. The maximum atomic E-state index is 3.53. The highest BCUT2D eigenvalue weighted by Gasteiger charge is 2.18. The van der Waals surface area contributed by atoms with E-state index in [9.17, 15) is 0 Å². The van der Waals surface area contributed by atoms with Crippen molar-refractivity contribution in [2.45, 2.75) is 38.6 Å². The molecule has 1 N–H and O–H groups in total. The van der Waals surface area contributed by atoms with E-state index in [1.54, 1.807) is 0 Å². The molecule has 94 valence electrons. The van der Waals surface area contributed by atoms with Crippen LogP contribution in [0.1, 0.15) is 31.2 Å². The van der Waals surface area contributed by atoms with E-state index in [0.29, 0.717) is 0 Å². The zero-order valence-corrected chi connectivity index (χ0v) is 11.1. The Labute approximate surface area is 105 Å². The number of aryl methyl sites for hydroxylation is 1. The van der Waals surface area contributed by atoms with Crippen molar-refractivity contribution in [2.24, 2.45) is 0 Å². The lowest BCUT2D eigenvalue weighted by Crippen LogP contribution is -2.33. The van der Waals surface area contributed by atoms with Crippen LogP contribution in [0.4, 0.5) is 5.69 Å². The fourth-order valence-electron chi connectivity index (χ4n) is 2.67. The average Bonchev–Trinajstić information content (AvgIpc) is 2.85. The van der Waals surface area contributed by atoms with Crippen LogP contribution in [0.15, 0.2) is 24.3 Å². The van der Waals surface area contributed by atoms with Crippen molar-refractivity contribution in [1.82, 2.24) is 4.90 Å². The number of benzene rings is 1. The molecule has 0 aromatic heterocycles. The summed E-state index contributed by atoms with van der Waals surface area (Å²) in [6.45, 7) is 4.33. The van der Waals surface area contributed by atoms with E-state index in [2.05, 4.69) is 48.5 Å². The van der Waals surface area contributed by atoms with Gasteiger partial charge in [0.25, 0.3) is 0 Å². The minimum Gasteiger partial charge on any atom is -0.384 e. The first kappa shape index (κ1) is 12.4. The molecule has 0 heterocycles. The SMILES string of the molecule is Cc1ccccc1NCCN(C)C1CCCC1. The average molecular weight is 232 g/mol. The van der Waals surface area contributed by atoms with Crippen LogP contribution in [0.2, 0.25) is 0 Å². The molecule has 0 saturated heterocycles. The predicted molar refractivity (Wildman–Crippen MR) is 74.6 cm³/mol. The number of anilines is 1. The van der Waals surface area contributed by atoms with Crippen LogP contribution in [0.3, 0.4) is 0 Å². The van der Waals surface area contributed by atoms with Gasteiger partial charge in [-0.3, -0.25) is 0 Å². The molecule has 2 rings (SSSR count). The van der Waals surface area contributed by atoms with E-state index in [-0.39, 0.29) is 0 Å². The molecule has 1 aliphatic rings. The van der Waals surface area contributed by atoms with Crippen molar-refractivity contribution in [1.29, 1.82) is 0 Å². The summed E-state index contributed by atoms with van der Waals surface area (Å²) in [5.74, 6) is 0. The maximum absolute atomic E-state index is 3.53. The number of hydrogen-bond acceptors (Lipinski definition) is 2. The topological polar surface area (TPSA) is 15.3 Å². The third-order valence-corrected chi connectivity index (χ3v) is 3.87. The number of nitrogens with one attached hydrogen (secondary N) is 1. The van der Waals surface area contributed by atoms with Crippen LogP contribution in [-0.2, 0) is 0 Å². The highest BCUT2D eigenvalue weighted by molar-refractivity contribution is 5.50. The van der Waals surface area contributed by atoms with E-state index >= 15 is 0 Å². The van der Waals surface area contributed by atoms with Crippen LogP contribution in [0, 0.1) is 6.92 Å². The minimum absolute atomic E-state index is 0.827. The van der Waals surface area contributed by atoms with Crippen LogP contribution >= 0.6 is 0 Å². The van der Waals surface area contributed by atoms with Gasteiger partial charge in [0, 0.05) is 24.8 Å². The number of hydrogen-bond donors (Lipinski definition) is 1. The molecule has 0 atom stereocenters. The fraction of sp³-hybridized carbons (Fsp3) is 0.600. The van der Waals surface area contributed by atoms with Gasteiger partial charge < -0.3 is 10.2 Å². The van der Waals surface area contributed by atoms with Gasteiger partial charge in [0.05, 0.1) is 0 Å². The Morgan fingerprint density at radius 3 is 2.65 bits per heavy atom. The second-order valence-corrected chi connectivity index (χ2v) is 5.16. The second-order valence-electron chi connectivity index (χ2n) is 5.16. The molecule has 2 heteroatoms. The smallest absolute Gasteiger partial charge is 0.0370 e. The van der Waals surface area contributed by atoms with Crippen molar-refractivity contribution in [3.8, 4) is 0 Å². The number of likely N-dealkylation sites (N-methyl/N-ethyl adjacent to an activating group) is 1. The molecule has 1 saturated carbocycles. The Morgan fingerprint density at radius 1 is 1.24 bits per heavy atom. The zero-order valence-electron chi connectivity index (χ0n) is 11.1. The summed E-state index contributed by atoms with van der Waals surface area (Å²) >= 11 is 0. The van der Waals surface area contributed by atoms with Crippen molar-refractivity contribution in [3.05, 3.63) is 29.8 Å². The molecule has 1 aliphatic carbocycles. The van der Waals surface area contributed by atoms with Crippen LogP contribution < -0.4 is 5.32 Å².